The van der Waals surface area contributed by atoms with Crippen molar-refractivity contribution in [2.45, 2.75) is 0 Å². The average Bonchev–Trinajstić information content (AvgIpc) is 1.38. The van der Waals surface area contributed by atoms with E-state index in [2.05, 4.69) is 6.58 Å². The van der Waals surface area contributed by atoms with Crippen molar-refractivity contribution in [2.24, 2.45) is 0 Å². The summed E-state index contributed by atoms with van der Waals surface area (Å²) in [6.45, 7) is 2.90. The van der Waals surface area contributed by atoms with Gasteiger partial charge in [-0.25, -0.2) is 9.90 Å². The molecule has 0 heterocycles. The molecule has 0 aromatic rings. The second-order valence-corrected chi connectivity index (χ2v) is 0.523. The van der Waals surface area contributed by atoms with Crippen LogP contribution in [0.25, 0.3) is 0 Å². The molecule has 0 spiro atoms. The first-order chi connectivity index (χ1) is 2.27. The van der Waals surface area contributed by atoms with Gasteiger partial charge >= 0.3 is 5.97 Å². The molecule has 0 aliphatic carbocycles. The largest absolute Gasteiger partial charge is 0.378 e. The van der Waals surface area contributed by atoms with Gasteiger partial charge in [-0.05, 0) is 0 Å². The van der Waals surface area contributed by atoms with Gasteiger partial charge in [-0.1, -0.05) is 6.58 Å². The van der Waals surface area contributed by atoms with Crippen molar-refractivity contribution in [1.29, 1.82) is 0 Å². The molecular weight excluding hydrogens is 132 g/mol. The Labute approximate surface area is 46.3 Å². The summed E-state index contributed by atoms with van der Waals surface area (Å²) < 4.78 is 0. The van der Waals surface area contributed by atoms with Crippen molar-refractivity contribution in [3.05, 3.63) is 12.7 Å². The van der Waals surface area contributed by atoms with Crippen molar-refractivity contribution < 1.29 is 27.0 Å². The van der Waals surface area contributed by atoms with Crippen molar-refractivity contribution >= 4 is 5.97 Å². The predicted molar refractivity (Wildman–Crippen MR) is 15.9 cm³/mol. The minimum absolute atomic E-state index is 0. The molecule has 6 heavy (non-hydrogen) atoms. The monoisotopic (exact) mass is 134 g/mol. The number of rotatable bonds is 1. The zero-order valence-corrected chi connectivity index (χ0v) is 3.84. The van der Waals surface area contributed by atoms with E-state index in [-0.39, 0.29) is 17.1 Å². The second-order valence-electron chi connectivity index (χ2n) is 0.523. The summed E-state index contributed by atoms with van der Waals surface area (Å²) in [6.07, 6.45) is 0.722. The van der Waals surface area contributed by atoms with Gasteiger partial charge in [-0.3, -0.25) is 0 Å². The molecule has 2 radical (unpaired) electrons. The topological polar surface area (TPSA) is 37.0 Å². The van der Waals surface area contributed by atoms with Crippen LogP contribution in [0.1, 0.15) is 0 Å². The molecule has 0 fully saturated rings. The summed E-state index contributed by atoms with van der Waals surface area (Å²) in [4.78, 5) is 9.14. The van der Waals surface area contributed by atoms with E-state index in [0.717, 1.165) is 6.08 Å². The van der Waals surface area contributed by atoms with Crippen LogP contribution < -0.4 is 0 Å². The molecule has 0 aliphatic heterocycles. The zero-order valence-electron chi connectivity index (χ0n) is 2.90. The molecule has 0 saturated heterocycles. The van der Waals surface area contributed by atoms with Gasteiger partial charge in [-0.2, -0.15) is 0 Å². The zero-order chi connectivity index (χ0) is 4.28. The van der Waals surface area contributed by atoms with E-state index in [0.29, 0.717) is 0 Å². The van der Waals surface area contributed by atoms with Gasteiger partial charge in [0, 0.05) is 23.1 Å². The second kappa shape index (κ2) is 4.73. The molecule has 0 aromatic heterocycles. The Kier molecular flexibility index (Phi) is 7.26. The Balaban J connectivity index is 0. The molecule has 38 valence electrons. The van der Waals surface area contributed by atoms with E-state index in [4.69, 9.17) is 9.90 Å². The van der Waals surface area contributed by atoms with Crippen LogP contribution in [0, 0.1) is 0 Å². The number of hydrogen-bond donors (Lipinski definition) is 0. The molecule has 0 saturated carbocycles. The van der Waals surface area contributed by atoms with Gasteiger partial charge in [0.15, 0.2) is 0 Å². The summed E-state index contributed by atoms with van der Waals surface area (Å²) in [5.74, 6) is -1.23. The Bertz CT molecular complexity index is 59.8. The van der Waals surface area contributed by atoms with Crippen LogP contribution in [-0.2, 0) is 27.0 Å². The Morgan fingerprint density at radius 2 is 1.83 bits per heavy atom. The minimum atomic E-state index is -1.23. The SMILES string of the molecule is C=CC([O])=O.[Cu]. The first-order valence-corrected chi connectivity index (χ1v) is 1.11. The summed E-state index contributed by atoms with van der Waals surface area (Å²) >= 11 is 0. The van der Waals surface area contributed by atoms with Gasteiger partial charge in [-0.15, -0.1) is 0 Å². The Hall–Kier alpha value is -0.271. The van der Waals surface area contributed by atoms with E-state index in [1.165, 1.54) is 0 Å². The number of hydrogen-bond acceptors (Lipinski definition) is 1. The van der Waals surface area contributed by atoms with Crippen LogP contribution in [0.15, 0.2) is 12.7 Å². The fourth-order valence-electron chi connectivity index (χ4n) is 0. The third-order valence-electron chi connectivity index (χ3n) is 0.167. The van der Waals surface area contributed by atoms with Crippen molar-refractivity contribution in [3.63, 3.8) is 0 Å². The van der Waals surface area contributed by atoms with Crippen molar-refractivity contribution in [3.8, 4) is 0 Å². The molecule has 2 nitrogen and oxygen atoms in total. The van der Waals surface area contributed by atoms with E-state index in [9.17, 15) is 0 Å². The summed E-state index contributed by atoms with van der Waals surface area (Å²) in [5.41, 5.74) is 0. The Morgan fingerprint density at radius 1 is 1.67 bits per heavy atom. The van der Waals surface area contributed by atoms with Crippen molar-refractivity contribution in [1.82, 2.24) is 0 Å². The van der Waals surface area contributed by atoms with Crippen LogP contribution in [-0.4, -0.2) is 5.97 Å². The maximum atomic E-state index is 9.14. The van der Waals surface area contributed by atoms with Crippen LogP contribution in [0.4, 0.5) is 0 Å². The van der Waals surface area contributed by atoms with Crippen LogP contribution in [0.5, 0.6) is 0 Å². The number of carbonyl (C=O) groups is 1. The molecule has 0 atom stereocenters. The summed E-state index contributed by atoms with van der Waals surface area (Å²) in [7, 11) is 0. The maximum Gasteiger partial charge on any atom is 0.378 e. The molecule has 0 amide bonds. The maximum absolute atomic E-state index is 9.14. The molecule has 0 rings (SSSR count). The third-order valence-corrected chi connectivity index (χ3v) is 0.167. The first kappa shape index (κ1) is 9.21. The molecule has 3 heteroatoms. The minimum Gasteiger partial charge on any atom is -0.242 e. The van der Waals surface area contributed by atoms with E-state index < -0.39 is 5.97 Å². The molecule has 0 unspecified atom stereocenters. The first-order valence-electron chi connectivity index (χ1n) is 1.11. The van der Waals surface area contributed by atoms with Gasteiger partial charge in [0.25, 0.3) is 0 Å². The average molecular weight is 135 g/mol. The van der Waals surface area contributed by atoms with Gasteiger partial charge < -0.3 is 0 Å². The quantitative estimate of drug-likeness (QED) is 0.371. The summed E-state index contributed by atoms with van der Waals surface area (Å²) in [5, 5.41) is 9.14. The van der Waals surface area contributed by atoms with Crippen LogP contribution in [0.2, 0.25) is 0 Å². The molecule has 0 N–H and O–H groups in total. The standard InChI is InChI=1S/C3H3O2.Cu/c1-2-3(4)5;/h2H,1H2;. The van der Waals surface area contributed by atoms with E-state index in [1.807, 2.05) is 0 Å². The molecular formula is C3H3CuO2. The molecule has 0 bridgehead atoms. The van der Waals surface area contributed by atoms with Crippen molar-refractivity contribution in [2.75, 3.05) is 0 Å². The fraction of sp³-hybridized carbons (Fsp3) is 0. The fourth-order valence-corrected chi connectivity index (χ4v) is 0. The van der Waals surface area contributed by atoms with Gasteiger partial charge in [0.05, 0.1) is 0 Å². The van der Waals surface area contributed by atoms with Crippen LogP contribution in [0.3, 0.4) is 0 Å². The number of carbonyl (C=O) groups excluding carboxylic acids is 1. The predicted octanol–water partition coefficient (Wildman–Crippen LogP) is 0.127. The normalized spacial score (nSPS) is 5.33. The third kappa shape index (κ3) is 9.29. The van der Waals surface area contributed by atoms with Gasteiger partial charge in [0.2, 0.25) is 0 Å². The van der Waals surface area contributed by atoms with E-state index >= 15 is 0 Å². The Morgan fingerprint density at radius 3 is 1.83 bits per heavy atom. The summed E-state index contributed by atoms with van der Waals surface area (Å²) in [6, 6.07) is 0. The van der Waals surface area contributed by atoms with Crippen LogP contribution >= 0.6 is 0 Å². The smallest absolute Gasteiger partial charge is 0.242 e. The molecule has 0 aromatic carbocycles. The molecule has 0 aliphatic rings. The van der Waals surface area contributed by atoms with E-state index in [1.54, 1.807) is 0 Å². The van der Waals surface area contributed by atoms with Gasteiger partial charge in [0.1, 0.15) is 0 Å².